The maximum absolute atomic E-state index is 10.8. The predicted molar refractivity (Wildman–Crippen MR) is 76.2 cm³/mol. The summed E-state index contributed by atoms with van der Waals surface area (Å²) in [6.07, 6.45) is 0. The van der Waals surface area contributed by atoms with Gasteiger partial charge in [-0.1, -0.05) is 13.8 Å². The Morgan fingerprint density at radius 1 is 1.25 bits per heavy atom. The summed E-state index contributed by atoms with van der Waals surface area (Å²) < 4.78 is 15.9. The molecule has 0 fully saturated rings. The molecule has 6 nitrogen and oxygen atoms in total. The van der Waals surface area contributed by atoms with Gasteiger partial charge in [0.1, 0.15) is 0 Å². The van der Waals surface area contributed by atoms with Gasteiger partial charge < -0.3 is 25.3 Å². The Bertz CT molecular complexity index is 435. The van der Waals surface area contributed by atoms with Crippen LogP contribution in [0.5, 0.6) is 17.2 Å². The molecule has 1 rings (SSSR count). The monoisotopic (exact) mass is 282 g/mol. The summed E-state index contributed by atoms with van der Waals surface area (Å²) in [6.45, 7) is 4.59. The molecule has 0 saturated heterocycles. The highest BCUT2D eigenvalue weighted by molar-refractivity contribution is 5.75. The van der Waals surface area contributed by atoms with Crippen molar-refractivity contribution >= 4 is 5.91 Å². The van der Waals surface area contributed by atoms with E-state index >= 15 is 0 Å². The molecule has 0 unspecified atom stereocenters. The van der Waals surface area contributed by atoms with Gasteiger partial charge >= 0.3 is 0 Å². The third kappa shape index (κ3) is 4.62. The van der Waals surface area contributed by atoms with Crippen molar-refractivity contribution in [2.75, 3.05) is 20.8 Å². The molecule has 0 radical (unpaired) electrons. The molecule has 0 heterocycles. The first-order valence-corrected chi connectivity index (χ1v) is 6.37. The summed E-state index contributed by atoms with van der Waals surface area (Å²) in [4.78, 5) is 10.8. The number of carbonyl (C=O) groups excluding carboxylic acids is 1. The second-order valence-corrected chi connectivity index (χ2v) is 4.62. The van der Waals surface area contributed by atoms with Gasteiger partial charge in [0.05, 0.1) is 14.2 Å². The van der Waals surface area contributed by atoms with Crippen LogP contribution in [0.4, 0.5) is 0 Å². The van der Waals surface area contributed by atoms with E-state index in [0.29, 0.717) is 29.8 Å². The highest BCUT2D eigenvalue weighted by atomic mass is 16.5. The molecule has 20 heavy (non-hydrogen) atoms. The fourth-order valence-electron chi connectivity index (χ4n) is 1.64. The van der Waals surface area contributed by atoms with Crippen LogP contribution in [-0.4, -0.2) is 32.8 Å². The van der Waals surface area contributed by atoms with Crippen LogP contribution in [0.25, 0.3) is 0 Å². The molecule has 112 valence electrons. The lowest BCUT2D eigenvalue weighted by Gasteiger charge is -2.16. The fourth-order valence-corrected chi connectivity index (χ4v) is 1.64. The minimum absolute atomic E-state index is 0.226. The van der Waals surface area contributed by atoms with Crippen LogP contribution in [-0.2, 0) is 11.3 Å². The molecule has 1 aromatic rings. The van der Waals surface area contributed by atoms with Gasteiger partial charge in [-0.2, -0.15) is 0 Å². The number of carbonyl (C=O) groups is 1. The molecular weight excluding hydrogens is 260 g/mol. The van der Waals surface area contributed by atoms with Crippen molar-refractivity contribution in [3.63, 3.8) is 0 Å². The number of hydrogen-bond donors (Lipinski definition) is 2. The Morgan fingerprint density at radius 2 is 1.80 bits per heavy atom. The quantitative estimate of drug-likeness (QED) is 0.745. The number of benzene rings is 1. The molecule has 0 aliphatic carbocycles. The van der Waals surface area contributed by atoms with E-state index in [9.17, 15) is 4.79 Å². The van der Waals surface area contributed by atoms with E-state index < -0.39 is 5.91 Å². The molecule has 0 aromatic heterocycles. The van der Waals surface area contributed by atoms with E-state index in [-0.39, 0.29) is 6.61 Å². The lowest BCUT2D eigenvalue weighted by atomic mass is 10.1. The Balaban J connectivity index is 3.01. The first-order valence-electron chi connectivity index (χ1n) is 6.37. The van der Waals surface area contributed by atoms with Crippen molar-refractivity contribution in [3.8, 4) is 17.2 Å². The molecule has 0 bridgehead atoms. The molecule has 6 heteroatoms. The SMILES string of the molecule is COc1cc(CNC(C)C)cc(OC)c1OCC(N)=O. The standard InChI is InChI=1S/C14H22N2O4/c1-9(2)16-7-10-5-11(18-3)14(12(6-10)19-4)20-8-13(15)17/h5-6,9,16H,7-8H2,1-4H3,(H2,15,17). The van der Waals surface area contributed by atoms with Crippen molar-refractivity contribution < 1.29 is 19.0 Å². The Labute approximate surface area is 119 Å². The van der Waals surface area contributed by atoms with Crippen LogP contribution in [0.15, 0.2) is 12.1 Å². The molecule has 0 saturated carbocycles. The maximum Gasteiger partial charge on any atom is 0.255 e. The van der Waals surface area contributed by atoms with E-state index in [4.69, 9.17) is 19.9 Å². The van der Waals surface area contributed by atoms with Gasteiger partial charge in [0, 0.05) is 12.6 Å². The number of amides is 1. The van der Waals surface area contributed by atoms with Gasteiger partial charge in [0.2, 0.25) is 5.75 Å². The molecule has 0 atom stereocenters. The van der Waals surface area contributed by atoms with Crippen LogP contribution >= 0.6 is 0 Å². The minimum atomic E-state index is -0.556. The molecule has 0 aliphatic rings. The Morgan fingerprint density at radius 3 is 2.20 bits per heavy atom. The van der Waals surface area contributed by atoms with Gasteiger partial charge in [-0.15, -0.1) is 0 Å². The Kier molecular flexibility index (Phi) is 6.11. The second kappa shape index (κ2) is 7.59. The number of nitrogens with two attached hydrogens (primary N) is 1. The largest absolute Gasteiger partial charge is 0.493 e. The average molecular weight is 282 g/mol. The zero-order valence-corrected chi connectivity index (χ0v) is 12.4. The topological polar surface area (TPSA) is 82.8 Å². The van der Waals surface area contributed by atoms with Crippen LogP contribution in [0.2, 0.25) is 0 Å². The highest BCUT2D eigenvalue weighted by Gasteiger charge is 2.15. The zero-order valence-electron chi connectivity index (χ0n) is 12.4. The van der Waals surface area contributed by atoms with Gasteiger partial charge in [-0.25, -0.2) is 0 Å². The number of nitrogens with one attached hydrogen (secondary N) is 1. The number of primary amides is 1. The van der Waals surface area contributed by atoms with Gasteiger partial charge in [0.15, 0.2) is 18.1 Å². The lowest BCUT2D eigenvalue weighted by molar-refractivity contribution is -0.119. The summed E-state index contributed by atoms with van der Waals surface area (Å²) in [7, 11) is 3.07. The third-order valence-electron chi connectivity index (χ3n) is 2.59. The average Bonchev–Trinajstić information content (AvgIpc) is 2.42. The minimum Gasteiger partial charge on any atom is -0.493 e. The van der Waals surface area contributed by atoms with E-state index in [2.05, 4.69) is 19.2 Å². The first-order chi connectivity index (χ1) is 9.47. The van der Waals surface area contributed by atoms with Crippen molar-refractivity contribution in [2.45, 2.75) is 26.4 Å². The van der Waals surface area contributed by atoms with Crippen molar-refractivity contribution in [1.82, 2.24) is 5.32 Å². The van der Waals surface area contributed by atoms with Crippen molar-refractivity contribution in [3.05, 3.63) is 17.7 Å². The number of methoxy groups -OCH3 is 2. The van der Waals surface area contributed by atoms with Crippen LogP contribution in [0.3, 0.4) is 0 Å². The highest BCUT2D eigenvalue weighted by Crippen LogP contribution is 2.38. The second-order valence-electron chi connectivity index (χ2n) is 4.62. The van der Waals surface area contributed by atoms with Crippen LogP contribution in [0, 0.1) is 0 Å². The number of hydrogen-bond acceptors (Lipinski definition) is 5. The molecule has 1 aromatic carbocycles. The number of rotatable bonds is 8. The first kappa shape index (κ1) is 16.1. The van der Waals surface area contributed by atoms with E-state index in [1.54, 1.807) is 0 Å². The third-order valence-corrected chi connectivity index (χ3v) is 2.59. The zero-order chi connectivity index (χ0) is 15.1. The Hall–Kier alpha value is -1.95. The van der Waals surface area contributed by atoms with E-state index in [1.165, 1.54) is 14.2 Å². The summed E-state index contributed by atoms with van der Waals surface area (Å²) >= 11 is 0. The van der Waals surface area contributed by atoms with E-state index in [0.717, 1.165) is 5.56 Å². The molecule has 0 aliphatic heterocycles. The maximum atomic E-state index is 10.8. The summed E-state index contributed by atoms with van der Waals surface area (Å²) in [6, 6.07) is 4.06. The smallest absolute Gasteiger partial charge is 0.255 e. The van der Waals surface area contributed by atoms with Gasteiger partial charge in [0.25, 0.3) is 5.91 Å². The summed E-state index contributed by atoms with van der Waals surface area (Å²) in [5.41, 5.74) is 6.08. The number of ether oxygens (including phenoxy) is 3. The van der Waals surface area contributed by atoms with Gasteiger partial charge in [-0.05, 0) is 17.7 Å². The normalized spacial score (nSPS) is 10.4. The van der Waals surface area contributed by atoms with Crippen LogP contribution < -0.4 is 25.3 Å². The molecule has 3 N–H and O–H groups in total. The van der Waals surface area contributed by atoms with Gasteiger partial charge in [-0.3, -0.25) is 4.79 Å². The van der Waals surface area contributed by atoms with Crippen LogP contribution in [0.1, 0.15) is 19.4 Å². The van der Waals surface area contributed by atoms with Crippen molar-refractivity contribution in [1.29, 1.82) is 0 Å². The van der Waals surface area contributed by atoms with Crippen molar-refractivity contribution in [2.24, 2.45) is 5.73 Å². The predicted octanol–water partition coefficient (Wildman–Crippen LogP) is 1.07. The summed E-state index contributed by atoms with van der Waals surface area (Å²) in [5.74, 6) is 0.832. The lowest BCUT2D eigenvalue weighted by Crippen LogP contribution is -2.22. The molecular formula is C14H22N2O4. The summed E-state index contributed by atoms with van der Waals surface area (Å²) in [5, 5.41) is 3.31. The van der Waals surface area contributed by atoms with E-state index in [1.807, 2.05) is 12.1 Å². The molecule has 0 spiro atoms. The fraction of sp³-hybridized carbons (Fsp3) is 0.500. The molecule has 1 amide bonds.